The summed E-state index contributed by atoms with van der Waals surface area (Å²) in [6.45, 7) is 4.69. The molecule has 3 unspecified atom stereocenters. The Bertz CT molecular complexity index is 325. The summed E-state index contributed by atoms with van der Waals surface area (Å²) in [6, 6.07) is 0. The fourth-order valence-electron chi connectivity index (χ4n) is 1.97. The second-order valence-corrected chi connectivity index (χ2v) is 6.58. The van der Waals surface area contributed by atoms with Gasteiger partial charge in [-0.05, 0) is 19.8 Å². The van der Waals surface area contributed by atoms with Crippen LogP contribution in [0.5, 0.6) is 0 Å². The molecule has 5 nitrogen and oxygen atoms in total. The molecule has 1 heterocycles. The van der Waals surface area contributed by atoms with E-state index in [9.17, 15) is 13.8 Å². The average molecular weight is 261 g/mol. The number of hydrogen-bond donors (Lipinski definition) is 1. The van der Waals surface area contributed by atoms with Gasteiger partial charge in [-0.2, -0.15) is 0 Å². The van der Waals surface area contributed by atoms with E-state index in [1.54, 1.807) is 18.7 Å². The number of amides is 1. The van der Waals surface area contributed by atoms with E-state index in [-0.39, 0.29) is 12.3 Å². The number of carboxylic acid groups (broad SMARTS) is 1. The minimum absolute atomic E-state index is 0.113. The van der Waals surface area contributed by atoms with Crippen molar-refractivity contribution in [2.75, 3.05) is 13.1 Å². The van der Waals surface area contributed by atoms with Crippen molar-refractivity contribution < 1.29 is 18.9 Å². The van der Waals surface area contributed by atoms with Crippen LogP contribution in [0.15, 0.2) is 0 Å². The number of likely N-dealkylation sites (tertiary alicyclic amines) is 1. The zero-order valence-electron chi connectivity index (χ0n) is 10.2. The van der Waals surface area contributed by atoms with E-state index >= 15 is 0 Å². The molecule has 0 saturated carbocycles. The fourth-order valence-corrected chi connectivity index (χ4v) is 3.32. The van der Waals surface area contributed by atoms with Gasteiger partial charge in [-0.15, -0.1) is 0 Å². The first kappa shape index (κ1) is 14.2. The summed E-state index contributed by atoms with van der Waals surface area (Å²) in [6.07, 6.45) is 1.83. The Kier molecular flexibility index (Phi) is 5.11. The molecular weight excluding hydrogens is 242 g/mol. The molecule has 3 atom stereocenters. The van der Waals surface area contributed by atoms with Crippen LogP contribution in [0.3, 0.4) is 0 Å². The molecule has 0 radical (unpaired) electrons. The monoisotopic (exact) mass is 261 g/mol. The molecule has 1 saturated heterocycles. The van der Waals surface area contributed by atoms with Gasteiger partial charge in [0.1, 0.15) is 5.25 Å². The maximum absolute atomic E-state index is 12.0. The summed E-state index contributed by atoms with van der Waals surface area (Å²) in [5, 5.41) is 7.53. The van der Waals surface area contributed by atoms with Gasteiger partial charge >= 0.3 is 5.97 Å². The van der Waals surface area contributed by atoms with Gasteiger partial charge in [0.05, 0.1) is 6.42 Å². The predicted molar refractivity (Wildman–Crippen MR) is 65.1 cm³/mol. The average Bonchev–Trinajstić information content (AvgIpc) is 2.78. The van der Waals surface area contributed by atoms with Crippen molar-refractivity contribution in [1.29, 1.82) is 0 Å². The topological polar surface area (TPSA) is 74.7 Å². The summed E-state index contributed by atoms with van der Waals surface area (Å²) in [7, 11) is -1.43. The van der Waals surface area contributed by atoms with E-state index in [1.807, 2.05) is 0 Å². The quantitative estimate of drug-likeness (QED) is 0.787. The minimum atomic E-state index is -1.43. The second kappa shape index (κ2) is 6.14. The third-order valence-corrected chi connectivity index (χ3v) is 4.83. The molecule has 1 rings (SSSR count). The van der Waals surface area contributed by atoms with Crippen LogP contribution in [0.2, 0.25) is 0 Å². The van der Waals surface area contributed by atoms with Gasteiger partial charge in [0.25, 0.3) is 0 Å². The molecule has 1 amide bonds. The number of hydrogen-bond acceptors (Lipinski definition) is 3. The number of carboxylic acids is 1. The predicted octanol–water partition coefficient (Wildman–Crippen LogP) is 0.609. The molecule has 0 aromatic heterocycles. The van der Waals surface area contributed by atoms with Gasteiger partial charge in [0.15, 0.2) is 0 Å². The number of nitrogens with zero attached hydrogens (tertiary/aromatic N) is 1. The highest BCUT2D eigenvalue weighted by Gasteiger charge is 2.30. The molecule has 1 aliphatic rings. The second-order valence-electron chi connectivity index (χ2n) is 4.41. The summed E-state index contributed by atoms with van der Waals surface area (Å²) in [5.74, 6) is -1.09. The van der Waals surface area contributed by atoms with E-state index < -0.39 is 27.3 Å². The first-order valence-electron chi connectivity index (χ1n) is 5.83. The molecule has 0 bridgehead atoms. The summed E-state index contributed by atoms with van der Waals surface area (Å²) in [5.41, 5.74) is 0. The van der Waals surface area contributed by atoms with Gasteiger partial charge in [-0.3, -0.25) is 13.8 Å². The van der Waals surface area contributed by atoms with Crippen molar-refractivity contribution >= 4 is 22.7 Å². The minimum Gasteiger partial charge on any atom is -0.481 e. The maximum atomic E-state index is 12.0. The normalized spacial score (nSPS) is 20.9. The standard InChI is InChI=1S/C11H19NO4S/c1-8(7-10(13)14)17(16)9(2)11(15)12-5-3-4-6-12/h8-9H,3-7H2,1-2H3,(H,13,14). The third-order valence-electron chi connectivity index (χ3n) is 2.97. The molecule has 98 valence electrons. The number of rotatable bonds is 5. The summed E-state index contributed by atoms with van der Waals surface area (Å²) in [4.78, 5) is 24.2. The maximum Gasteiger partial charge on any atom is 0.304 e. The van der Waals surface area contributed by atoms with Crippen molar-refractivity contribution in [1.82, 2.24) is 4.90 Å². The molecule has 17 heavy (non-hydrogen) atoms. The van der Waals surface area contributed by atoms with Gasteiger partial charge < -0.3 is 10.0 Å². The van der Waals surface area contributed by atoms with Crippen LogP contribution in [-0.2, 0) is 20.4 Å². The first-order valence-corrected chi connectivity index (χ1v) is 7.11. The van der Waals surface area contributed by atoms with Crippen LogP contribution >= 0.6 is 0 Å². The molecule has 0 aromatic carbocycles. The van der Waals surface area contributed by atoms with Crippen LogP contribution < -0.4 is 0 Å². The van der Waals surface area contributed by atoms with Crippen molar-refractivity contribution in [3.05, 3.63) is 0 Å². The lowest BCUT2D eigenvalue weighted by Crippen LogP contribution is -2.40. The highest BCUT2D eigenvalue weighted by Crippen LogP contribution is 2.14. The number of aliphatic carboxylic acids is 1. The lowest BCUT2D eigenvalue weighted by molar-refractivity contribution is -0.137. The number of carbonyl (C=O) groups is 2. The number of carbonyl (C=O) groups excluding carboxylic acids is 1. The van der Waals surface area contributed by atoms with E-state index in [1.165, 1.54) is 0 Å². The van der Waals surface area contributed by atoms with Gasteiger partial charge in [0.2, 0.25) is 5.91 Å². The van der Waals surface area contributed by atoms with E-state index in [2.05, 4.69) is 0 Å². The Morgan fingerprint density at radius 2 is 1.82 bits per heavy atom. The fraction of sp³-hybridized carbons (Fsp3) is 0.818. The third kappa shape index (κ3) is 3.80. The van der Waals surface area contributed by atoms with Crippen LogP contribution in [0.4, 0.5) is 0 Å². The zero-order valence-corrected chi connectivity index (χ0v) is 11.0. The zero-order chi connectivity index (χ0) is 13.0. The molecule has 1 aliphatic heterocycles. The highest BCUT2D eigenvalue weighted by atomic mass is 32.2. The Hall–Kier alpha value is -0.910. The van der Waals surface area contributed by atoms with E-state index in [4.69, 9.17) is 5.11 Å². The van der Waals surface area contributed by atoms with Crippen molar-refractivity contribution in [3.8, 4) is 0 Å². The lowest BCUT2D eigenvalue weighted by atomic mass is 10.3. The summed E-state index contributed by atoms with van der Waals surface area (Å²) >= 11 is 0. The summed E-state index contributed by atoms with van der Waals surface area (Å²) < 4.78 is 12.0. The van der Waals surface area contributed by atoms with E-state index in [0.29, 0.717) is 0 Å². The smallest absolute Gasteiger partial charge is 0.304 e. The van der Waals surface area contributed by atoms with Crippen molar-refractivity contribution in [3.63, 3.8) is 0 Å². The van der Waals surface area contributed by atoms with Gasteiger partial charge in [0, 0.05) is 29.1 Å². The van der Waals surface area contributed by atoms with Crippen molar-refractivity contribution in [2.24, 2.45) is 0 Å². The Morgan fingerprint density at radius 1 is 1.29 bits per heavy atom. The Labute approximate surface area is 104 Å². The highest BCUT2D eigenvalue weighted by molar-refractivity contribution is 7.87. The van der Waals surface area contributed by atoms with E-state index in [0.717, 1.165) is 25.9 Å². The first-order chi connectivity index (χ1) is 7.93. The van der Waals surface area contributed by atoms with Crippen LogP contribution in [0.1, 0.15) is 33.1 Å². The molecule has 1 N–H and O–H groups in total. The van der Waals surface area contributed by atoms with Gasteiger partial charge in [-0.1, -0.05) is 6.92 Å². The van der Waals surface area contributed by atoms with Crippen LogP contribution in [-0.4, -0.2) is 49.7 Å². The molecular formula is C11H19NO4S. The lowest BCUT2D eigenvalue weighted by Gasteiger charge is -2.21. The SMILES string of the molecule is CC(CC(=O)O)S(=O)C(C)C(=O)N1CCCC1. The Morgan fingerprint density at radius 3 is 2.29 bits per heavy atom. The molecule has 6 heteroatoms. The molecule has 0 aliphatic carbocycles. The van der Waals surface area contributed by atoms with Gasteiger partial charge in [-0.25, -0.2) is 0 Å². The Balaban J connectivity index is 2.55. The van der Waals surface area contributed by atoms with Crippen LogP contribution in [0.25, 0.3) is 0 Å². The van der Waals surface area contributed by atoms with Crippen molar-refractivity contribution in [2.45, 2.75) is 43.6 Å². The molecule has 0 aromatic rings. The molecule has 0 spiro atoms. The van der Waals surface area contributed by atoms with Crippen LogP contribution in [0, 0.1) is 0 Å². The largest absolute Gasteiger partial charge is 0.481 e. The molecule has 1 fully saturated rings.